The molecule has 0 atom stereocenters. The molecule has 1 amide bonds. The van der Waals surface area contributed by atoms with E-state index in [9.17, 15) is 9.90 Å². The number of phenols is 1. The smallest absolute Gasteiger partial charge is 0.262 e. The van der Waals surface area contributed by atoms with Gasteiger partial charge in [0.1, 0.15) is 17.3 Å². The second-order valence-corrected chi connectivity index (χ2v) is 8.38. The molecular formula is C25H27ClN4O3. The lowest BCUT2D eigenvalue weighted by Crippen LogP contribution is -2.31. The summed E-state index contributed by atoms with van der Waals surface area (Å²) in [5.41, 5.74) is 1.57. The molecule has 8 heteroatoms. The maximum atomic E-state index is 12.2. The normalized spacial score (nSPS) is 14.5. The van der Waals surface area contributed by atoms with Crippen LogP contribution in [0, 0.1) is 0 Å². The molecule has 1 aliphatic heterocycles. The van der Waals surface area contributed by atoms with Crippen LogP contribution < -0.4 is 15.0 Å². The molecule has 2 N–H and O–H groups in total. The van der Waals surface area contributed by atoms with Crippen molar-refractivity contribution in [2.75, 3.05) is 43.0 Å². The van der Waals surface area contributed by atoms with Gasteiger partial charge < -0.3 is 20.1 Å². The first kappa shape index (κ1) is 22.9. The number of hydrogen-bond acceptors (Lipinski definition) is 6. The van der Waals surface area contributed by atoms with Crippen LogP contribution in [0.25, 0.3) is 0 Å². The predicted octanol–water partition coefficient (Wildman–Crippen LogP) is 4.17. The quantitative estimate of drug-likeness (QED) is 0.544. The number of phenolic OH excluding ortho intramolecular Hbond substituents is 1. The number of nitrogens with one attached hydrogen (secondary N) is 1. The molecule has 0 saturated carbocycles. The number of aromatic hydroxyl groups is 1. The number of carbonyl (C=O) groups is 1. The summed E-state index contributed by atoms with van der Waals surface area (Å²) in [6.45, 7) is 4.24. The zero-order chi connectivity index (χ0) is 23.0. The van der Waals surface area contributed by atoms with Crippen LogP contribution in [-0.2, 0) is 11.3 Å². The number of carbonyl (C=O) groups excluding carboxylic acids is 1. The van der Waals surface area contributed by atoms with E-state index in [0.29, 0.717) is 22.2 Å². The lowest BCUT2D eigenvalue weighted by molar-refractivity contribution is -0.118. The number of ether oxygens (including phenoxy) is 1. The van der Waals surface area contributed by atoms with Crippen LogP contribution in [-0.4, -0.2) is 53.7 Å². The van der Waals surface area contributed by atoms with E-state index >= 15 is 0 Å². The number of rotatable bonds is 7. The summed E-state index contributed by atoms with van der Waals surface area (Å²) in [5, 5.41) is 13.5. The van der Waals surface area contributed by atoms with Gasteiger partial charge in [-0.05, 0) is 48.9 Å². The Morgan fingerprint density at radius 3 is 2.61 bits per heavy atom. The molecule has 1 fully saturated rings. The van der Waals surface area contributed by atoms with Gasteiger partial charge in [0, 0.05) is 43.3 Å². The fourth-order valence-corrected chi connectivity index (χ4v) is 3.89. The number of anilines is 2. The molecule has 3 aromatic rings. The van der Waals surface area contributed by atoms with E-state index in [1.807, 2.05) is 30.3 Å². The zero-order valence-electron chi connectivity index (χ0n) is 18.3. The number of benzene rings is 2. The Labute approximate surface area is 198 Å². The van der Waals surface area contributed by atoms with E-state index in [1.165, 1.54) is 0 Å². The summed E-state index contributed by atoms with van der Waals surface area (Å²) in [6, 6.07) is 18.1. The van der Waals surface area contributed by atoms with Gasteiger partial charge in [-0.25, -0.2) is 4.98 Å². The van der Waals surface area contributed by atoms with Gasteiger partial charge in [-0.1, -0.05) is 29.8 Å². The van der Waals surface area contributed by atoms with Crippen molar-refractivity contribution in [1.29, 1.82) is 0 Å². The average Bonchev–Trinajstić information content (AvgIpc) is 3.06. The first-order valence-electron chi connectivity index (χ1n) is 11.0. The molecule has 4 rings (SSSR count). The van der Waals surface area contributed by atoms with Crippen molar-refractivity contribution in [3.8, 4) is 11.5 Å². The van der Waals surface area contributed by atoms with Crippen LogP contribution in [0.2, 0.25) is 5.02 Å². The summed E-state index contributed by atoms with van der Waals surface area (Å²) < 4.78 is 5.47. The Morgan fingerprint density at radius 1 is 1.03 bits per heavy atom. The maximum absolute atomic E-state index is 12.2. The molecule has 7 nitrogen and oxygen atoms in total. The molecular weight excluding hydrogens is 440 g/mol. The number of nitrogens with zero attached hydrogens (tertiary/aromatic N) is 3. The number of aromatic nitrogens is 1. The van der Waals surface area contributed by atoms with Crippen molar-refractivity contribution in [1.82, 2.24) is 9.88 Å². The van der Waals surface area contributed by atoms with Crippen molar-refractivity contribution in [2.45, 2.75) is 13.0 Å². The molecule has 172 valence electrons. The monoisotopic (exact) mass is 466 g/mol. The average molecular weight is 467 g/mol. The largest absolute Gasteiger partial charge is 0.508 e. The third-order valence-electron chi connectivity index (χ3n) is 5.51. The minimum atomic E-state index is -0.255. The highest BCUT2D eigenvalue weighted by molar-refractivity contribution is 6.30. The van der Waals surface area contributed by atoms with Gasteiger partial charge in [0.2, 0.25) is 0 Å². The van der Waals surface area contributed by atoms with E-state index < -0.39 is 0 Å². The lowest BCUT2D eigenvalue weighted by atomic mass is 10.2. The third-order valence-corrected chi connectivity index (χ3v) is 5.77. The summed E-state index contributed by atoms with van der Waals surface area (Å²) in [6.07, 6.45) is 2.68. The number of halogens is 1. The fourth-order valence-electron chi connectivity index (χ4n) is 3.77. The molecule has 0 radical (unpaired) electrons. The molecule has 1 aliphatic rings. The topological polar surface area (TPSA) is 77.9 Å². The van der Waals surface area contributed by atoms with E-state index in [0.717, 1.165) is 50.5 Å². The molecule has 2 heterocycles. The highest BCUT2D eigenvalue weighted by Gasteiger charge is 2.17. The van der Waals surface area contributed by atoms with Crippen LogP contribution in [0.15, 0.2) is 66.9 Å². The van der Waals surface area contributed by atoms with Gasteiger partial charge in [0.25, 0.3) is 5.91 Å². The SMILES string of the molecule is O=C(COc1ccc(Cl)cc1)Nc1ccc(N2CCCN(Cc3ccccc3O)CC2)nc1. The molecule has 33 heavy (non-hydrogen) atoms. The highest BCUT2D eigenvalue weighted by Crippen LogP contribution is 2.21. The standard InChI is InChI=1S/C25H27ClN4O3/c26-20-6-9-22(10-7-20)33-18-25(32)28-21-8-11-24(27-16-21)30-13-3-12-29(14-15-30)17-19-4-1-2-5-23(19)31/h1-2,4-11,16,31H,3,12-15,17-18H2,(H,28,32). The second-order valence-electron chi connectivity index (χ2n) is 7.94. The highest BCUT2D eigenvalue weighted by atomic mass is 35.5. The molecule has 1 aromatic heterocycles. The van der Waals surface area contributed by atoms with E-state index in [-0.39, 0.29) is 12.5 Å². The fraction of sp³-hybridized carbons (Fsp3) is 0.280. The number of amides is 1. The maximum Gasteiger partial charge on any atom is 0.262 e. The summed E-state index contributed by atoms with van der Waals surface area (Å²) in [4.78, 5) is 21.3. The van der Waals surface area contributed by atoms with Gasteiger partial charge in [-0.2, -0.15) is 0 Å². The van der Waals surface area contributed by atoms with Gasteiger partial charge in [-0.3, -0.25) is 9.69 Å². The van der Waals surface area contributed by atoms with Crippen LogP contribution in [0.1, 0.15) is 12.0 Å². The van der Waals surface area contributed by atoms with Crippen LogP contribution in [0.4, 0.5) is 11.5 Å². The van der Waals surface area contributed by atoms with Crippen molar-refractivity contribution in [3.05, 3.63) is 77.4 Å². The first-order valence-corrected chi connectivity index (χ1v) is 11.3. The second kappa shape index (κ2) is 11.0. The Kier molecular flexibility index (Phi) is 7.65. The van der Waals surface area contributed by atoms with E-state index in [4.69, 9.17) is 16.3 Å². The summed E-state index contributed by atoms with van der Waals surface area (Å²) in [5.74, 6) is 1.56. The number of pyridine rings is 1. The van der Waals surface area contributed by atoms with Crippen molar-refractivity contribution >= 4 is 29.0 Å². The minimum Gasteiger partial charge on any atom is -0.508 e. The number of para-hydroxylation sites is 1. The van der Waals surface area contributed by atoms with E-state index in [1.54, 1.807) is 36.5 Å². The van der Waals surface area contributed by atoms with Crippen molar-refractivity contribution in [3.63, 3.8) is 0 Å². The van der Waals surface area contributed by atoms with Crippen molar-refractivity contribution < 1.29 is 14.6 Å². The van der Waals surface area contributed by atoms with Crippen LogP contribution in [0.5, 0.6) is 11.5 Å². The number of hydrogen-bond donors (Lipinski definition) is 2. The Bertz CT molecular complexity index is 1060. The Hall–Kier alpha value is -3.29. The summed E-state index contributed by atoms with van der Waals surface area (Å²) in [7, 11) is 0. The molecule has 0 bridgehead atoms. The Balaban J connectivity index is 1.26. The Morgan fingerprint density at radius 2 is 1.85 bits per heavy atom. The summed E-state index contributed by atoms with van der Waals surface area (Å²) >= 11 is 5.85. The van der Waals surface area contributed by atoms with Gasteiger partial charge in [-0.15, -0.1) is 0 Å². The molecule has 0 spiro atoms. The molecule has 2 aromatic carbocycles. The minimum absolute atomic E-state index is 0.0949. The van der Waals surface area contributed by atoms with Crippen molar-refractivity contribution in [2.24, 2.45) is 0 Å². The first-order chi connectivity index (χ1) is 16.1. The molecule has 1 saturated heterocycles. The van der Waals surface area contributed by atoms with Crippen LogP contribution in [0.3, 0.4) is 0 Å². The lowest BCUT2D eigenvalue weighted by Gasteiger charge is -2.23. The molecule has 0 aliphatic carbocycles. The molecule has 0 unspecified atom stereocenters. The predicted molar refractivity (Wildman–Crippen MR) is 130 cm³/mol. The van der Waals surface area contributed by atoms with Gasteiger partial charge in [0.15, 0.2) is 6.61 Å². The van der Waals surface area contributed by atoms with Gasteiger partial charge in [0.05, 0.1) is 11.9 Å². The third kappa shape index (κ3) is 6.60. The van der Waals surface area contributed by atoms with Gasteiger partial charge >= 0.3 is 0 Å². The van der Waals surface area contributed by atoms with Crippen LogP contribution >= 0.6 is 11.6 Å². The zero-order valence-corrected chi connectivity index (χ0v) is 19.0. The van der Waals surface area contributed by atoms with E-state index in [2.05, 4.69) is 20.1 Å².